The summed E-state index contributed by atoms with van der Waals surface area (Å²) in [6.07, 6.45) is 9.95. The number of fused-ring (bicyclic) bond motifs is 2. The molecule has 0 radical (unpaired) electrons. The van der Waals surface area contributed by atoms with Gasteiger partial charge in [0, 0.05) is 121 Å². The summed E-state index contributed by atoms with van der Waals surface area (Å²) in [6, 6.07) is 13.0. The highest BCUT2D eigenvalue weighted by atomic mass is 16.5. The highest BCUT2D eigenvalue weighted by Gasteiger charge is 2.39. The lowest BCUT2D eigenvalue weighted by Crippen LogP contribution is -2.32. The van der Waals surface area contributed by atoms with Crippen molar-refractivity contribution in [2.24, 2.45) is 5.92 Å². The second-order valence-electron chi connectivity index (χ2n) is 13.1. The molecule has 4 rings (SSSR count). The van der Waals surface area contributed by atoms with Gasteiger partial charge < -0.3 is 36.0 Å². The van der Waals surface area contributed by atoms with E-state index in [0.717, 1.165) is 17.0 Å². The summed E-state index contributed by atoms with van der Waals surface area (Å²) in [6.45, 7) is 2.33. The summed E-state index contributed by atoms with van der Waals surface area (Å²) in [4.78, 5) is 62.8. The molecule has 0 saturated carbocycles. The summed E-state index contributed by atoms with van der Waals surface area (Å²) in [5, 5.41) is 20.9. The number of carbonyl (C=O) groups excluding carboxylic acids is 4. The molecule has 1 aliphatic heterocycles. The van der Waals surface area contributed by atoms with E-state index in [1.807, 2.05) is 42.5 Å². The predicted octanol–water partition coefficient (Wildman–Crippen LogP) is 3.34. The van der Waals surface area contributed by atoms with Crippen LogP contribution in [0, 0.1) is 5.92 Å². The fraction of sp³-hybridized carbons (Fsp3) is 0.450. The Morgan fingerprint density at radius 2 is 1.28 bits per heavy atom. The molecule has 5 N–H and O–H groups in total. The minimum atomic E-state index is -1.01. The van der Waals surface area contributed by atoms with Gasteiger partial charge in [0.25, 0.3) is 0 Å². The first-order chi connectivity index (χ1) is 25.6. The van der Waals surface area contributed by atoms with E-state index in [4.69, 9.17) is 4.74 Å². The van der Waals surface area contributed by atoms with Gasteiger partial charge in [0.05, 0.1) is 5.56 Å². The number of aromatic carboxylic acids is 1. The summed E-state index contributed by atoms with van der Waals surface area (Å²) < 4.78 is 8.89. The van der Waals surface area contributed by atoms with Crippen molar-refractivity contribution in [2.75, 3.05) is 59.3 Å². The summed E-state index contributed by atoms with van der Waals surface area (Å²) in [5.41, 5.74) is 3.47. The second kappa shape index (κ2) is 20.0. The average molecular weight is 730 g/mol. The van der Waals surface area contributed by atoms with Gasteiger partial charge in [-0.1, -0.05) is 30.3 Å². The van der Waals surface area contributed by atoms with Gasteiger partial charge >= 0.3 is 5.97 Å². The third-order valence-corrected chi connectivity index (χ3v) is 9.71. The van der Waals surface area contributed by atoms with Crippen LogP contribution in [0.2, 0.25) is 0 Å². The number of benzene rings is 2. The number of allylic oxidation sites excluding steroid dienone is 3. The lowest BCUT2D eigenvalue weighted by molar-refractivity contribution is -0.527. The summed E-state index contributed by atoms with van der Waals surface area (Å²) in [7, 11) is 6.46. The molecule has 284 valence electrons. The van der Waals surface area contributed by atoms with Crippen molar-refractivity contribution in [1.82, 2.24) is 21.3 Å². The van der Waals surface area contributed by atoms with E-state index in [0.29, 0.717) is 94.6 Å². The molecule has 2 aromatic carbocycles. The number of rotatable bonds is 19. The Balaban J connectivity index is 1.77. The van der Waals surface area contributed by atoms with Crippen LogP contribution in [0.5, 0.6) is 5.75 Å². The Bertz CT molecular complexity index is 1700. The smallest absolute Gasteiger partial charge is 0.335 e. The SMILES string of the molecule is CNC(=O)CCCN(CCCC(=O)NC)c1ccc2c(c1)OC1=CC(=[N+](CCCC(=O)NC)CCCC(=O)NC)C=CC1C2c1ccccc1C(=O)O. The first kappa shape index (κ1) is 40.3. The number of carboxylic acids is 1. The number of carbonyl (C=O) groups is 5. The third kappa shape index (κ3) is 11.0. The lowest BCUT2D eigenvalue weighted by Gasteiger charge is -2.36. The number of amides is 4. The van der Waals surface area contributed by atoms with E-state index in [-0.39, 0.29) is 41.0 Å². The second-order valence-corrected chi connectivity index (χ2v) is 13.1. The molecular weight excluding hydrogens is 676 g/mol. The fourth-order valence-corrected chi connectivity index (χ4v) is 6.83. The Morgan fingerprint density at radius 3 is 1.83 bits per heavy atom. The monoisotopic (exact) mass is 729 g/mol. The van der Waals surface area contributed by atoms with Crippen LogP contribution in [-0.2, 0) is 19.2 Å². The molecule has 2 aliphatic rings. The number of anilines is 1. The van der Waals surface area contributed by atoms with E-state index in [2.05, 4.69) is 36.8 Å². The van der Waals surface area contributed by atoms with Crippen molar-refractivity contribution >= 4 is 41.0 Å². The van der Waals surface area contributed by atoms with Gasteiger partial charge in [-0.3, -0.25) is 19.2 Å². The molecule has 13 nitrogen and oxygen atoms in total. The first-order valence-electron chi connectivity index (χ1n) is 18.3. The minimum Gasteiger partial charge on any atom is -0.478 e. The number of hydrogen-bond donors (Lipinski definition) is 5. The van der Waals surface area contributed by atoms with E-state index in [9.17, 15) is 29.1 Å². The van der Waals surface area contributed by atoms with Crippen LogP contribution in [0.4, 0.5) is 5.69 Å². The number of nitrogens with zero attached hydrogens (tertiary/aromatic N) is 2. The van der Waals surface area contributed by atoms with Gasteiger partial charge in [-0.25, -0.2) is 9.37 Å². The zero-order valence-corrected chi connectivity index (χ0v) is 31.2. The molecule has 1 aliphatic carbocycles. The van der Waals surface area contributed by atoms with Gasteiger partial charge in [0.2, 0.25) is 29.3 Å². The normalized spacial score (nSPS) is 15.5. The van der Waals surface area contributed by atoms with Crippen molar-refractivity contribution < 1.29 is 38.4 Å². The van der Waals surface area contributed by atoms with E-state index in [1.54, 1.807) is 40.3 Å². The molecule has 0 spiro atoms. The van der Waals surface area contributed by atoms with Crippen molar-refractivity contribution in [2.45, 2.75) is 57.3 Å². The minimum absolute atomic E-state index is 0.0443. The van der Waals surface area contributed by atoms with Gasteiger partial charge in [0.1, 0.15) is 24.6 Å². The van der Waals surface area contributed by atoms with Crippen LogP contribution in [0.15, 0.2) is 66.5 Å². The highest BCUT2D eigenvalue weighted by molar-refractivity contribution is 6.02. The molecule has 0 saturated heterocycles. The van der Waals surface area contributed by atoms with Crippen LogP contribution < -0.4 is 30.9 Å². The van der Waals surface area contributed by atoms with Crippen LogP contribution in [-0.4, -0.2) is 99.4 Å². The van der Waals surface area contributed by atoms with E-state index >= 15 is 0 Å². The number of nitrogens with one attached hydrogen (secondary N) is 4. The number of carboxylic acid groups (broad SMARTS) is 1. The molecule has 2 atom stereocenters. The topological polar surface area (TPSA) is 169 Å². The van der Waals surface area contributed by atoms with Gasteiger partial charge in [-0.05, 0) is 30.5 Å². The van der Waals surface area contributed by atoms with Crippen LogP contribution >= 0.6 is 0 Å². The quantitative estimate of drug-likeness (QED) is 0.137. The van der Waals surface area contributed by atoms with Crippen molar-refractivity contribution in [3.05, 3.63) is 83.1 Å². The van der Waals surface area contributed by atoms with Gasteiger partial charge in [-0.2, -0.15) is 0 Å². The Kier molecular flexibility index (Phi) is 15.2. The van der Waals surface area contributed by atoms with E-state index < -0.39 is 5.97 Å². The maximum absolute atomic E-state index is 12.5. The Labute approximate surface area is 311 Å². The number of ether oxygens (including phenoxy) is 1. The molecule has 2 unspecified atom stereocenters. The lowest BCUT2D eigenvalue weighted by atomic mass is 9.74. The van der Waals surface area contributed by atoms with Gasteiger partial charge in [0.15, 0.2) is 0 Å². The molecule has 2 aromatic rings. The first-order valence-corrected chi connectivity index (χ1v) is 18.3. The van der Waals surface area contributed by atoms with Crippen molar-refractivity contribution in [1.29, 1.82) is 0 Å². The fourth-order valence-electron chi connectivity index (χ4n) is 6.83. The van der Waals surface area contributed by atoms with E-state index in [1.165, 1.54) is 0 Å². The molecule has 53 heavy (non-hydrogen) atoms. The molecule has 0 fully saturated rings. The molecule has 1 heterocycles. The summed E-state index contributed by atoms with van der Waals surface area (Å²) in [5.74, 6) is -0.606. The standard InChI is InChI=1S/C40H52N6O7/c1-41-35(47)13-7-21-45(22-8-14-36(48)42-2)27-17-19-31-33(25-27)53-34-26-28(46(23-9-15-37(49)43-3)24-10-16-38(50)44-4)18-20-32(34)39(31)29-11-5-6-12-30(29)40(51)52/h5-6,11-12,17-20,25-26,31,39H,7-10,13-16,21-24H2,1-4H3,(H4-,41,42,43,44,47,48,49,50,51,52)/p+1. The third-order valence-electron chi connectivity index (χ3n) is 9.71. The average Bonchev–Trinajstić information content (AvgIpc) is 3.17. The van der Waals surface area contributed by atoms with Gasteiger partial charge in [-0.15, -0.1) is 0 Å². The van der Waals surface area contributed by atoms with Crippen LogP contribution in [0.3, 0.4) is 0 Å². The molecular formula is C40H53N6O7+. The summed E-state index contributed by atoms with van der Waals surface area (Å²) >= 11 is 0. The van der Waals surface area contributed by atoms with Crippen molar-refractivity contribution in [3.63, 3.8) is 0 Å². The predicted molar refractivity (Wildman–Crippen MR) is 203 cm³/mol. The molecule has 0 aromatic heterocycles. The Hall–Kier alpha value is -5.46. The van der Waals surface area contributed by atoms with Crippen LogP contribution in [0.25, 0.3) is 0 Å². The molecule has 0 bridgehead atoms. The zero-order valence-electron chi connectivity index (χ0n) is 31.2. The Morgan fingerprint density at radius 1 is 0.736 bits per heavy atom. The maximum Gasteiger partial charge on any atom is 0.335 e. The largest absolute Gasteiger partial charge is 0.478 e. The molecule has 4 amide bonds. The number of hydrogen-bond acceptors (Lipinski definition) is 7. The van der Waals surface area contributed by atoms with Crippen molar-refractivity contribution in [3.8, 4) is 5.75 Å². The highest BCUT2D eigenvalue weighted by Crippen LogP contribution is 2.49. The maximum atomic E-state index is 12.5. The van der Waals surface area contributed by atoms with Crippen LogP contribution in [0.1, 0.15) is 78.8 Å². The zero-order chi connectivity index (χ0) is 38.3. The molecule has 13 heteroatoms.